The fourth-order valence-corrected chi connectivity index (χ4v) is 1.88. The zero-order chi connectivity index (χ0) is 17.8. The standard InChI is InChI=1S/C17H18N4O.C2H6/c1-13(20-9-10-21-17(22)12-18)15-3-2-4-16(11-15)14-5-7-19-8-6-14;1-2/h2-9,11H,1,10,12,18H2,(H,21,22);1-2H3. The van der Waals surface area contributed by atoms with E-state index in [0.29, 0.717) is 12.2 Å². The zero-order valence-electron chi connectivity index (χ0n) is 14.2. The van der Waals surface area contributed by atoms with Gasteiger partial charge in [-0.1, -0.05) is 38.6 Å². The molecular weight excluding hydrogens is 300 g/mol. The van der Waals surface area contributed by atoms with Gasteiger partial charge in [-0.3, -0.25) is 14.8 Å². The van der Waals surface area contributed by atoms with Gasteiger partial charge in [0.05, 0.1) is 18.8 Å². The van der Waals surface area contributed by atoms with Crippen molar-refractivity contribution in [2.75, 3.05) is 13.1 Å². The minimum absolute atomic E-state index is 0.0250. The van der Waals surface area contributed by atoms with E-state index in [4.69, 9.17) is 5.73 Å². The van der Waals surface area contributed by atoms with Gasteiger partial charge >= 0.3 is 0 Å². The number of nitrogens with zero attached hydrogens (tertiary/aromatic N) is 2. The van der Waals surface area contributed by atoms with Crippen molar-refractivity contribution in [2.24, 2.45) is 10.7 Å². The highest BCUT2D eigenvalue weighted by Gasteiger charge is 2.01. The molecule has 24 heavy (non-hydrogen) atoms. The predicted molar refractivity (Wildman–Crippen MR) is 101 cm³/mol. The smallest absolute Gasteiger partial charge is 0.234 e. The van der Waals surface area contributed by atoms with Crippen molar-refractivity contribution in [3.63, 3.8) is 0 Å². The van der Waals surface area contributed by atoms with Crippen molar-refractivity contribution in [1.82, 2.24) is 10.3 Å². The lowest BCUT2D eigenvalue weighted by molar-refractivity contribution is -0.119. The number of rotatable bonds is 6. The summed E-state index contributed by atoms with van der Waals surface area (Å²) in [5.41, 5.74) is 8.93. The molecule has 0 aliphatic heterocycles. The topological polar surface area (TPSA) is 80.4 Å². The Morgan fingerprint density at radius 2 is 1.96 bits per heavy atom. The molecule has 0 saturated carbocycles. The van der Waals surface area contributed by atoms with Gasteiger partial charge in [0.2, 0.25) is 5.91 Å². The van der Waals surface area contributed by atoms with E-state index in [1.54, 1.807) is 18.6 Å². The van der Waals surface area contributed by atoms with Crippen LogP contribution in [0.4, 0.5) is 0 Å². The SMILES string of the molecule is C=C(N=CCNC(=O)CN)c1cccc(-c2ccncc2)c1.CC. The van der Waals surface area contributed by atoms with Crippen LogP contribution in [0.1, 0.15) is 19.4 Å². The second-order valence-electron chi connectivity index (χ2n) is 4.58. The van der Waals surface area contributed by atoms with Crippen LogP contribution in [0.2, 0.25) is 0 Å². The number of nitrogens with one attached hydrogen (secondary N) is 1. The minimum Gasteiger partial charge on any atom is -0.350 e. The van der Waals surface area contributed by atoms with Gasteiger partial charge in [0.25, 0.3) is 0 Å². The number of nitrogens with two attached hydrogens (primary N) is 1. The molecule has 2 aromatic rings. The molecule has 0 fully saturated rings. The van der Waals surface area contributed by atoms with Crippen molar-refractivity contribution in [1.29, 1.82) is 0 Å². The highest BCUT2D eigenvalue weighted by Crippen LogP contribution is 2.22. The van der Waals surface area contributed by atoms with Crippen LogP contribution in [0.5, 0.6) is 0 Å². The number of benzene rings is 1. The van der Waals surface area contributed by atoms with Crippen molar-refractivity contribution in [3.8, 4) is 11.1 Å². The molecule has 0 unspecified atom stereocenters. The van der Waals surface area contributed by atoms with Crippen molar-refractivity contribution in [2.45, 2.75) is 13.8 Å². The summed E-state index contributed by atoms with van der Waals surface area (Å²) < 4.78 is 0. The predicted octanol–water partition coefficient (Wildman–Crippen LogP) is 2.89. The van der Waals surface area contributed by atoms with Crippen molar-refractivity contribution in [3.05, 3.63) is 60.9 Å². The maximum atomic E-state index is 11.0. The second-order valence-corrected chi connectivity index (χ2v) is 4.58. The van der Waals surface area contributed by atoms with Crippen LogP contribution < -0.4 is 11.1 Å². The monoisotopic (exact) mass is 324 g/mol. The van der Waals surface area contributed by atoms with E-state index in [1.807, 2.05) is 50.2 Å². The van der Waals surface area contributed by atoms with E-state index in [-0.39, 0.29) is 12.5 Å². The van der Waals surface area contributed by atoms with E-state index in [0.717, 1.165) is 16.7 Å². The molecule has 1 aromatic carbocycles. The first-order chi connectivity index (χ1) is 11.7. The van der Waals surface area contributed by atoms with Crippen LogP contribution in [0, 0.1) is 0 Å². The van der Waals surface area contributed by atoms with Gasteiger partial charge in [-0.25, -0.2) is 0 Å². The molecule has 5 nitrogen and oxygen atoms in total. The van der Waals surface area contributed by atoms with Gasteiger partial charge in [-0.15, -0.1) is 0 Å². The Labute approximate surface area is 143 Å². The van der Waals surface area contributed by atoms with Crippen LogP contribution in [0.3, 0.4) is 0 Å². The van der Waals surface area contributed by atoms with Crippen LogP contribution in [0.25, 0.3) is 16.8 Å². The number of carbonyl (C=O) groups is 1. The maximum absolute atomic E-state index is 11.0. The summed E-state index contributed by atoms with van der Waals surface area (Å²) in [4.78, 5) is 19.3. The van der Waals surface area contributed by atoms with Crippen LogP contribution in [-0.2, 0) is 4.79 Å². The van der Waals surface area contributed by atoms with Gasteiger partial charge in [0.1, 0.15) is 0 Å². The third kappa shape index (κ3) is 6.14. The van der Waals surface area contributed by atoms with Gasteiger partial charge in [0.15, 0.2) is 0 Å². The number of amides is 1. The molecule has 0 aliphatic carbocycles. The summed E-state index contributed by atoms with van der Waals surface area (Å²) in [7, 11) is 0. The molecule has 126 valence electrons. The first-order valence-electron chi connectivity index (χ1n) is 7.89. The number of hydrogen-bond donors (Lipinski definition) is 2. The van der Waals surface area contributed by atoms with E-state index in [1.165, 1.54) is 0 Å². The molecule has 0 radical (unpaired) electrons. The Hall–Kier alpha value is -2.79. The summed E-state index contributed by atoms with van der Waals surface area (Å²) in [6.07, 6.45) is 5.12. The Kier molecular flexibility index (Phi) is 8.71. The molecule has 0 saturated heterocycles. The van der Waals surface area contributed by atoms with Gasteiger partial charge in [-0.2, -0.15) is 0 Å². The molecule has 0 aliphatic rings. The quantitative estimate of drug-likeness (QED) is 0.802. The molecule has 5 heteroatoms. The molecule has 1 aromatic heterocycles. The van der Waals surface area contributed by atoms with E-state index < -0.39 is 0 Å². The second kappa shape index (κ2) is 10.9. The Morgan fingerprint density at radius 3 is 2.62 bits per heavy atom. The first-order valence-corrected chi connectivity index (χ1v) is 7.89. The van der Waals surface area contributed by atoms with Crippen molar-refractivity contribution >= 4 is 17.8 Å². The Morgan fingerprint density at radius 1 is 1.25 bits per heavy atom. The first kappa shape index (κ1) is 19.3. The average molecular weight is 324 g/mol. The van der Waals surface area contributed by atoms with Crippen molar-refractivity contribution < 1.29 is 4.79 Å². The summed E-state index contributed by atoms with van der Waals surface area (Å²) >= 11 is 0. The summed E-state index contributed by atoms with van der Waals surface area (Å²) in [6, 6.07) is 11.9. The lowest BCUT2D eigenvalue weighted by Crippen LogP contribution is -2.31. The lowest BCUT2D eigenvalue weighted by Gasteiger charge is -2.05. The summed E-state index contributed by atoms with van der Waals surface area (Å²) in [5.74, 6) is -0.211. The zero-order valence-corrected chi connectivity index (χ0v) is 14.2. The molecule has 3 N–H and O–H groups in total. The van der Waals surface area contributed by atoms with Gasteiger partial charge in [0, 0.05) is 24.2 Å². The molecule has 0 atom stereocenters. The number of aliphatic imine (C=N–C) groups is 1. The van der Waals surface area contributed by atoms with Crippen LogP contribution >= 0.6 is 0 Å². The molecule has 1 amide bonds. The number of carbonyl (C=O) groups excluding carboxylic acids is 1. The molecule has 2 rings (SSSR count). The van der Waals surface area contributed by atoms with Gasteiger partial charge in [-0.05, 0) is 29.3 Å². The largest absolute Gasteiger partial charge is 0.350 e. The molecule has 0 bridgehead atoms. The number of hydrogen-bond acceptors (Lipinski definition) is 4. The van der Waals surface area contributed by atoms with Gasteiger partial charge < -0.3 is 11.1 Å². The molecule has 0 spiro atoms. The van der Waals surface area contributed by atoms with Crippen LogP contribution in [0.15, 0.2) is 60.4 Å². The van der Waals surface area contributed by atoms with E-state index in [9.17, 15) is 4.79 Å². The van der Waals surface area contributed by atoms with Crippen LogP contribution in [-0.4, -0.2) is 30.2 Å². The maximum Gasteiger partial charge on any atom is 0.234 e. The highest BCUT2D eigenvalue weighted by molar-refractivity contribution is 5.82. The van der Waals surface area contributed by atoms with E-state index in [2.05, 4.69) is 21.9 Å². The lowest BCUT2D eigenvalue weighted by atomic mass is 10.0. The van der Waals surface area contributed by atoms with E-state index >= 15 is 0 Å². The minimum atomic E-state index is -0.211. The fourth-order valence-electron chi connectivity index (χ4n) is 1.88. The normalized spacial score (nSPS) is 9.96. The number of pyridine rings is 1. The molecular formula is C19H24N4O. The molecule has 1 heterocycles. The third-order valence-corrected chi connectivity index (χ3v) is 3.03. The average Bonchev–Trinajstić information content (AvgIpc) is 2.67. The summed E-state index contributed by atoms with van der Waals surface area (Å²) in [5, 5.41) is 2.62. The third-order valence-electron chi connectivity index (χ3n) is 3.03. The highest BCUT2D eigenvalue weighted by atomic mass is 16.1. The summed E-state index contributed by atoms with van der Waals surface area (Å²) in [6.45, 7) is 8.26. The Balaban J connectivity index is 0.00000139. The fraction of sp³-hybridized carbons (Fsp3) is 0.211. The Bertz CT molecular complexity index is 681. The number of aromatic nitrogens is 1.